The van der Waals surface area contributed by atoms with Gasteiger partial charge in [-0.2, -0.15) is 5.10 Å². The molecule has 0 saturated carbocycles. The van der Waals surface area contributed by atoms with Gasteiger partial charge in [0.05, 0.1) is 6.21 Å². The molecule has 0 spiro atoms. The fraction of sp³-hybridized carbons (Fsp3) is 0.333. The Hall–Kier alpha value is -2.70. The first kappa shape index (κ1) is 15.7. The maximum Gasteiger partial charge on any atom is 0.346 e. The summed E-state index contributed by atoms with van der Waals surface area (Å²) in [7, 11) is 0. The average Bonchev–Trinajstić information content (AvgIpc) is 2.69. The first-order chi connectivity index (χ1) is 10.4. The molecule has 0 radical (unpaired) electrons. The van der Waals surface area contributed by atoms with E-state index in [2.05, 4.69) is 15.7 Å². The molecule has 2 N–H and O–H groups in total. The smallest absolute Gasteiger partial charge is 0.326 e. The summed E-state index contributed by atoms with van der Waals surface area (Å²) in [6, 6.07) is 6.36. The van der Waals surface area contributed by atoms with Crippen LogP contribution in [-0.4, -0.2) is 34.6 Å². The molecule has 1 saturated heterocycles. The van der Waals surface area contributed by atoms with Crippen LogP contribution in [0.5, 0.6) is 0 Å². The first-order valence-corrected chi connectivity index (χ1v) is 6.94. The summed E-state index contributed by atoms with van der Waals surface area (Å²) in [4.78, 5) is 34.9. The van der Waals surface area contributed by atoms with Gasteiger partial charge >= 0.3 is 6.03 Å². The Morgan fingerprint density at radius 3 is 2.50 bits per heavy atom. The highest BCUT2D eigenvalue weighted by atomic mass is 16.2. The van der Waals surface area contributed by atoms with Crippen LogP contribution in [0, 0.1) is 0 Å². The fourth-order valence-electron chi connectivity index (χ4n) is 1.99. The van der Waals surface area contributed by atoms with Gasteiger partial charge < -0.3 is 10.6 Å². The molecule has 0 bridgehead atoms. The van der Waals surface area contributed by atoms with E-state index in [0.29, 0.717) is 17.7 Å². The van der Waals surface area contributed by atoms with E-state index in [4.69, 9.17) is 0 Å². The van der Waals surface area contributed by atoms with Crippen LogP contribution in [-0.2, 0) is 9.59 Å². The number of hydrogen-bond donors (Lipinski definition) is 2. The van der Waals surface area contributed by atoms with Crippen molar-refractivity contribution in [3.63, 3.8) is 0 Å². The second kappa shape index (κ2) is 5.97. The lowest BCUT2D eigenvalue weighted by atomic mass is 10.00. The molecule has 1 aromatic rings. The van der Waals surface area contributed by atoms with Gasteiger partial charge in [-0.3, -0.25) is 9.59 Å². The SMILES string of the molecule is CC[C@]1(C)NC(=O)N(/N=C\c2ccc(NC(C)=O)cc2)C1=O. The highest BCUT2D eigenvalue weighted by Crippen LogP contribution is 2.21. The van der Waals surface area contributed by atoms with Crippen molar-refractivity contribution in [1.29, 1.82) is 0 Å². The average molecular weight is 302 g/mol. The van der Waals surface area contributed by atoms with Crippen molar-refractivity contribution in [2.45, 2.75) is 32.7 Å². The molecule has 1 heterocycles. The van der Waals surface area contributed by atoms with Gasteiger partial charge in [-0.1, -0.05) is 19.1 Å². The van der Waals surface area contributed by atoms with Crippen molar-refractivity contribution in [3.05, 3.63) is 29.8 Å². The molecule has 1 aliphatic rings. The number of rotatable bonds is 4. The summed E-state index contributed by atoms with van der Waals surface area (Å²) >= 11 is 0. The van der Waals surface area contributed by atoms with Crippen LogP contribution in [0.25, 0.3) is 0 Å². The third-order valence-electron chi connectivity index (χ3n) is 3.50. The molecular weight excluding hydrogens is 284 g/mol. The van der Waals surface area contributed by atoms with Crippen LogP contribution in [0.1, 0.15) is 32.8 Å². The summed E-state index contributed by atoms with van der Waals surface area (Å²) in [6.45, 7) is 4.93. The Bertz CT molecular complexity index is 639. The molecule has 1 fully saturated rings. The topological polar surface area (TPSA) is 90.9 Å². The van der Waals surface area contributed by atoms with E-state index in [1.54, 1.807) is 31.2 Å². The van der Waals surface area contributed by atoms with Crippen molar-refractivity contribution in [2.75, 3.05) is 5.32 Å². The van der Waals surface area contributed by atoms with Crippen molar-refractivity contribution < 1.29 is 14.4 Å². The standard InChI is InChI=1S/C15H18N4O3/c1-4-15(3)13(21)19(14(22)18-15)16-9-11-5-7-12(8-6-11)17-10(2)20/h5-9H,4H2,1-3H3,(H,17,20)(H,18,22)/b16-9-/t15-/m0/s1. The van der Waals surface area contributed by atoms with E-state index in [-0.39, 0.29) is 11.8 Å². The maximum absolute atomic E-state index is 12.1. The van der Waals surface area contributed by atoms with Crippen LogP contribution >= 0.6 is 0 Å². The van der Waals surface area contributed by atoms with Gasteiger partial charge in [-0.05, 0) is 31.0 Å². The minimum absolute atomic E-state index is 0.153. The van der Waals surface area contributed by atoms with E-state index >= 15 is 0 Å². The van der Waals surface area contributed by atoms with Crippen molar-refractivity contribution in [2.24, 2.45) is 5.10 Å². The Kier molecular flexibility index (Phi) is 4.25. The van der Waals surface area contributed by atoms with Crippen LogP contribution in [0.3, 0.4) is 0 Å². The van der Waals surface area contributed by atoms with Gasteiger partial charge in [0.2, 0.25) is 5.91 Å². The van der Waals surface area contributed by atoms with Crippen LogP contribution in [0.4, 0.5) is 10.5 Å². The lowest BCUT2D eigenvalue weighted by Crippen LogP contribution is -2.42. The molecule has 116 valence electrons. The number of urea groups is 1. The Balaban J connectivity index is 2.10. The summed E-state index contributed by atoms with van der Waals surface area (Å²) in [5.41, 5.74) is 0.474. The van der Waals surface area contributed by atoms with Gasteiger partial charge in [0.1, 0.15) is 5.54 Å². The molecule has 0 unspecified atom stereocenters. The summed E-state index contributed by atoms with van der Waals surface area (Å²) in [5.74, 6) is -0.522. The molecule has 2 rings (SSSR count). The summed E-state index contributed by atoms with van der Waals surface area (Å²) < 4.78 is 0. The van der Waals surface area contributed by atoms with Crippen LogP contribution in [0.2, 0.25) is 0 Å². The Labute approximate surface area is 128 Å². The molecule has 0 aromatic heterocycles. The van der Waals surface area contributed by atoms with Gasteiger partial charge in [-0.15, -0.1) is 5.01 Å². The first-order valence-electron chi connectivity index (χ1n) is 6.94. The molecular formula is C15H18N4O3. The Morgan fingerprint density at radius 1 is 1.36 bits per heavy atom. The van der Waals surface area contributed by atoms with E-state index in [9.17, 15) is 14.4 Å². The van der Waals surface area contributed by atoms with Crippen LogP contribution < -0.4 is 10.6 Å². The predicted octanol–water partition coefficient (Wildman–Crippen LogP) is 1.70. The number of carbonyl (C=O) groups is 3. The van der Waals surface area contributed by atoms with E-state index in [1.165, 1.54) is 13.1 Å². The molecule has 1 atom stereocenters. The number of hydrazone groups is 1. The largest absolute Gasteiger partial charge is 0.346 e. The fourth-order valence-corrected chi connectivity index (χ4v) is 1.99. The zero-order valence-corrected chi connectivity index (χ0v) is 12.7. The highest BCUT2D eigenvalue weighted by Gasteiger charge is 2.46. The lowest BCUT2D eigenvalue weighted by molar-refractivity contribution is -0.130. The third-order valence-corrected chi connectivity index (χ3v) is 3.50. The van der Waals surface area contributed by atoms with Crippen molar-refractivity contribution >= 4 is 29.7 Å². The zero-order chi connectivity index (χ0) is 16.3. The summed E-state index contributed by atoms with van der Waals surface area (Å²) in [5, 5.41) is 10.1. The minimum atomic E-state index is -0.899. The molecule has 1 aliphatic heterocycles. The quantitative estimate of drug-likeness (QED) is 0.655. The molecule has 7 heteroatoms. The van der Waals surface area contributed by atoms with Gasteiger partial charge in [0.15, 0.2) is 0 Å². The molecule has 4 amide bonds. The van der Waals surface area contributed by atoms with Gasteiger partial charge in [-0.25, -0.2) is 4.79 Å². The van der Waals surface area contributed by atoms with Gasteiger partial charge in [0.25, 0.3) is 5.91 Å². The number of hydrogen-bond acceptors (Lipinski definition) is 4. The normalized spacial score (nSPS) is 21.3. The predicted molar refractivity (Wildman–Crippen MR) is 82.4 cm³/mol. The molecule has 0 aliphatic carbocycles. The molecule has 7 nitrogen and oxygen atoms in total. The highest BCUT2D eigenvalue weighted by molar-refractivity contribution is 6.07. The number of carbonyl (C=O) groups excluding carboxylic acids is 3. The van der Waals surface area contributed by atoms with Crippen molar-refractivity contribution in [1.82, 2.24) is 10.3 Å². The minimum Gasteiger partial charge on any atom is -0.326 e. The zero-order valence-electron chi connectivity index (χ0n) is 12.7. The Morgan fingerprint density at radius 2 is 2.00 bits per heavy atom. The van der Waals surface area contributed by atoms with Crippen molar-refractivity contribution in [3.8, 4) is 0 Å². The second-order valence-corrected chi connectivity index (χ2v) is 5.28. The second-order valence-electron chi connectivity index (χ2n) is 5.28. The number of anilines is 1. The number of nitrogens with one attached hydrogen (secondary N) is 2. The van der Waals surface area contributed by atoms with Crippen LogP contribution in [0.15, 0.2) is 29.4 Å². The number of amides is 4. The van der Waals surface area contributed by atoms with E-state index in [0.717, 1.165) is 5.01 Å². The van der Waals surface area contributed by atoms with Gasteiger partial charge in [0, 0.05) is 12.6 Å². The lowest BCUT2D eigenvalue weighted by Gasteiger charge is -2.17. The number of nitrogens with zero attached hydrogens (tertiary/aromatic N) is 2. The number of benzene rings is 1. The maximum atomic E-state index is 12.1. The third kappa shape index (κ3) is 3.13. The van der Waals surface area contributed by atoms with E-state index in [1.807, 2.05) is 6.92 Å². The summed E-state index contributed by atoms with van der Waals surface area (Å²) in [6.07, 6.45) is 1.92. The molecule has 22 heavy (non-hydrogen) atoms. The monoisotopic (exact) mass is 302 g/mol. The number of imide groups is 1. The molecule has 1 aromatic carbocycles. The van der Waals surface area contributed by atoms with E-state index < -0.39 is 11.6 Å².